The van der Waals surface area contributed by atoms with E-state index in [1.165, 1.54) is 3.71 Å². The second-order valence-electron chi connectivity index (χ2n) is 7.41. The van der Waals surface area contributed by atoms with Gasteiger partial charge in [0.15, 0.2) is 12.3 Å². The van der Waals surface area contributed by atoms with Gasteiger partial charge in [0.1, 0.15) is 12.4 Å². The van der Waals surface area contributed by atoms with Crippen LogP contribution in [0.4, 0.5) is 9.70 Å². The van der Waals surface area contributed by atoms with Gasteiger partial charge in [0.25, 0.3) is 6.47 Å². The molecular formula is C23H41FN4O5S3. The molecule has 36 heavy (non-hydrogen) atoms. The molecule has 0 radical (unpaired) electrons. The molecule has 1 aliphatic carbocycles. The van der Waals surface area contributed by atoms with Gasteiger partial charge in [0, 0.05) is 48.6 Å². The third-order valence-corrected chi connectivity index (χ3v) is 7.01. The maximum Gasteiger partial charge on any atom is 0.293 e. The average molecular weight is 569 g/mol. The smallest absolute Gasteiger partial charge is 0.293 e. The molecule has 0 saturated heterocycles. The molecule has 1 fully saturated rings. The van der Waals surface area contributed by atoms with Crippen molar-refractivity contribution in [2.75, 3.05) is 44.4 Å². The fourth-order valence-electron chi connectivity index (χ4n) is 3.17. The van der Waals surface area contributed by atoms with E-state index in [-0.39, 0.29) is 18.4 Å². The van der Waals surface area contributed by atoms with E-state index in [0.717, 1.165) is 53.6 Å². The number of ether oxygens (including phenoxy) is 4. The van der Waals surface area contributed by atoms with Crippen LogP contribution in [0.5, 0.6) is 0 Å². The van der Waals surface area contributed by atoms with Crippen molar-refractivity contribution >= 4 is 47.3 Å². The number of aromatic amines is 1. The van der Waals surface area contributed by atoms with Crippen LogP contribution in [-0.2, 0) is 23.7 Å². The fraction of sp³-hybridized carbons (Fsp3) is 0.696. The zero-order valence-electron chi connectivity index (χ0n) is 22.1. The predicted molar refractivity (Wildman–Crippen MR) is 149 cm³/mol. The molecule has 0 aliphatic heterocycles. The minimum Gasteiger partial charge on any atom is -0.465 e. The Bertz CT molecular complexity index is 751. The summed E-state index contributed by atoms with van der Waals surface area (Å²) in [6.45, 7) is 10.4. The van der Waals surface area contributed by atoms with Gasteiger partial charge in [-0.25, -0.2) is 3.71 Å². The molecule has 0 amide bonds. The second kappa shape index (κ2) is 22.9. The third-order valence-electron chi connectivity index (χ3n) is 5.13. The van der Waals surface area contributed by atoms with Crippen LogP contribution < -0.4 is 3.71 Å². The Labute approximate surface area is 228 Å². The molecule has 0 unspecified atom stereocenters. The molecule has 9 nitrogen and oxygen atoms in total. The SMILES string of the molecule is CC.COCCOC1CCC(c2cc(N(SF)SS)[nH]ncc(C)c(C)n2)CC1.COCCOC=O. The number of nitrogens with zero attached hydrogens (tertiary/aromatic N) is 3. The number of thiol groups is 1. The Balaban J connectivity index is 0.00000117. The van der Waals surface area contributed by atoms with Gasteiger partial charge in [0.2, 0.25) is 0 Å². The van der Waals surface area contributed by atoms with E-state index in [4.69, 9.17) is 14.5 Å². The van der Waals surface area contributed by atoms with Crippen molar-refractivity contribution in [2.24, 2.45) is 0 Å². The first-order chi connectivity index (χ1) is 17.5. The largest absolute Gasteiger partial charge is 0.465 e. The summed E-state index contributed by atoms with van der Waals surface area (Å²) in [5, 5.41) is 7.08. The summed E-state index contributed by atoms with van der Waals surface area (Å²) in [5.41, 5.74) is 2.80. The quantitative estimate of drug-likeness (QED) is 0.104. The summed E-state index contributed by atoms with van der Waals surface area (Å²) in [7, 11) is 4.20. The van der Waals surface area contributed by atoms with Gasteiger partial charge in [0.05, 0.1) is 32.1 Å². The predicted octanol–water partition coefficient (Wildman–Crippen LogP) is 5.90. The van der Waals surface area contributed by atoms with Gasteiger partial charge >= 0.3 is 0 Å². The first-order valence-corrected chi connectivity index (χ1v) is 14.3. The topological polar surface area (TPSA) is 98.8 Å². The Hall–Kier alpha value is -1.25. The zero-order chi connectivity index (χ0) is 27.2. The summed E-state index contributed by atoms with van der Waals surface area (Å²) >= 11 is 4.19. The van der Waals surface area contributed by atoms with Crippen molar-refractivity contribution in [2.45, 2.75) is 65.4 Å². The van der Waals surface area contributed by atoms with Crippen LogP contribution >= 0.6 is 35.0 Å². The minimum absolute atomic E-state index is 0.0760. The van der Waals surface area contributed by atoms with E-state index < -0.39 is 0 Å². The van der Waals surface area contributed by atoms with Gasteiger partial charge in [-0.3, -0.25) is 14.9 Å². The molecular weight excluding hydrogens is 527 g/mol. The number of rotatable bonds is 12. The number of H-pyrrole nitrogens is 1. The van der Waals surface area contributed by atoms with Crippen LogP contribution in [0.3, 0.4) is 0 Å². The molecule has 0 aromatic carbocycles. The minimum atomic E-state index is 0.0760. The number of hydrogen-bond donors (Lipinski definition) is 2. The van der Waals surface area contributed by atoms with E-state index in [1.807, 2.05) is 33.8 Å². The summed E-state index contributed by atoms with van der Waals surface area (Å²) < 4.78 is 34.3. The number of carbonyl (C=O) groups is 1. The van der Waals surface area contributed by atoms with Gasteiger partial charge < -0.3 is 18.9 Å². The summed E-state index contributed by atoms with van der Waals surface area (Å²) in [6, 6.07) is 1.87. The maximum atomic E-state index is 13.3. The number of methoxy groups -OCH3 is 2. The number of aromatic nitrogens is 3. The molecule has 13 heteroatoms. The lowest BCUT2D eigenvalue weighted by Crippen LogP contribution is -2.22. The highest BCUT2D eigenvalue weighted by Gasteiger charge is 2.24. The second-order valence-corrected chi connectivity index (χ2v) is 9.16. The molecule has 1 N–H and O–H groups in total. The summed E-state index contributed by atoms with van der Waals surface area (Å²) in [5.74, 6) is 0.791. The summed E-state index contributed by atoms with van der Waals surface area (Å²) in [4.78, 5) is 14.2. The van der Waals surface area contributed by atoms with Gasteiger partial charge in [-0.2, -0.15) is 5.10 Å². The van der Waals surface area contributed by atoms with Gasteiger partial charge in [-0.1, -0.05) is 25.5 Å². The monoisotopic (exact) mass is 568 g/mol. The molecule has 0 spiro atoms. The van der Waals surface area contributed by atoms with Crippen molar-refractivity contribution in [3.8, 4) is 0 Å². The lowest BCUT2D eigenvalue weighted by Gasteiger charge is -2.28. The van der Waals surface area contributed by atoms with Crippen LogP contribution in [0.25, 0.3) is 0 Å². The number of nitrogens with one attached hydrogen (secondary N) is 1. The van der Waals surface area contributed by atoms with Crippen molar-refractivity contribution < 1.29 is 27.6 Å². The molecule has 1 aliphatic rings. The van der Waals surface area contributed by atoms with Gasteiger partial charge in [-0.05, 0) is 45.1 Å². The van der Waals surface area contributed by atoms with E-state index >= 15 is 0 Å². The number of hydrogen-bond acceptors (Lipinski definition) is 11. The van der Waals surface area contributed by atoms with Crippen LogP contribution in [0, 0.1) is 13.8 Å². The first kappa shape index (κ1) is 34.8. The van der Waals surface area contributed by atoms with E-state index in [9.17, 15) is 8.68 Å². The van der Waals surface area contributed by atoms with Gasteiger partial charge in [-0.15, -0.1) is 3.89 Å². The van der Waals surface area contributed by atoms with Crippen molar-refractivity contribution in [1.82, 2.24) is 15.2 Å². The first-order valence-electron chi connectivity index (χ1n) is 11.8. The zero-order valence-corrected chi connectivity index (χ0v) is 24.6. The standard InChI is InChI=1S/C17H27FN4O2S3.C4H8O3.C2H6/c1-12-11-19-21-17(22(26-18)27-25)10-16(20-13(12)2)14-4-6-15(7-5-14)24-9-8-23-3;1-6-2-3-7-4-5;1-2/h10-11,14-15,21,25H,4-9H2,1-3H3;4H,2-3H2,1H3;1-2H3. The van der Waals surface area contributed by atoms with E-state index in [2.05, 4.69) is 31.3 Å². The number of carbonyl (C=O) groups excluding carboxylic acids is 1. The highest BCUT2D eigenvalue weighted by molar-refractivity contribution is 8.71. The molecule has 0 atom stereocenters. The van der Waals surface area contributed by atoms with Crippen LogP contribution in [0.1, 0.15) is 62.4 Å². The number of anilines is 1. The molecule has 1 aromatic heterocycles. The molecule has 1 heterocycles. The van der Waals surface area contributed by atoms with Crippen molar-refractivity contribution in [1.29, 1.82) is 0 Å². The Morgan fingerprint density at radius 2 is 1.78 bits per heavy atom. The molecule has 208 valence electrons. The molecule has 2 rings (SSSR count). The fourth-order valence-corrected chi connectivity index (χ4v) is 4.12. The lowest BCUT2D eigenvalue weighted by atomic mass is 9.85. The van der Waals surface area contributed by atoms with E-state index in [1.54, 1.807) is 20.4 Å². The number of aryl methyl sites for hydroxylation is 2. The third kappa shape index (κ3) is 14.5. The van der Waals surface area contributed by atoms with Crippen LogP contribution in [0.2, 0.25) is 0 Å². The van der Waals surface area contributed by atoms with Crippen molar-refractivity contribution in [3.63, 3.8) is 0 Å². The normalized spacial score (nSPS) is 16.4. The lowest BCUT2D eigenvalue weighted by molar-refractivity contribution is -0.129. The van der Waals surface area contributed by atoms with Crippen LogP contribution in [0.15, 0.2) is 12.3 Å². The maximum absolute atomic E-state index is 13.3. The number of halogens is 1. The van der Waals surface area contributed by atoms with Crippen molar-refractivity contribution in [3.05, 3.63) is 29.2 Å². The highest BCUT2D eigenvalue weighted by Crippen LogP contribution is 2.36. The highest BCUT2D eigenvalue weighted by atomic mass is 33.1. The Kier molecular flexibility index (Phi) is 22.1. The molecule has 1 aromatic rings. The van der Waals surface area contributed by atoms with E-state index in [0.29, 0.717) is 44.6 Å². The Morgan fingerprint density at radius 3 is 2.33 bits per heavy atom. The Morgan fingerprint density at radius 1 is 1.14 bits per heavy atom. The summed E-state index contributed by atoms with van der Waals surface area (Å²) in [6.07, 6.45) is 5.87. The van der Waals surface area contributed by atoms with Crippen LogP contribution in [-0.4, -0.2) is 68.4 Å². The molecule has 0 bridgehead atoms. The molecule has 1 saturated carbocycles. The average Bonchev–Trinajstić information content (AvgIpc) is 2.97.